The minimum atomic E-state index is -4.89. The monoisotopic (exact) mass is 259 g/mol. The Hall–Kier alpha value is -0.880. The maximum absolute atomic E-state index is 13.1. The van der Waals surface area contributed by atoms with Crippen LogP contribution < -0.4 is 5.73 Å². The zero-order chi connectivity index (χ0) is 12.6. The van der Waals surface area contributed by atoms with Gasteiger partial charge in [0, 0.05) is 10.6 Å². The first kappa shape index (κ1) is 13.2. The summed E-state index contributed by atoms with van der Waals surface area (Å²) in [5.74, 6) is -3.73. The van der Waals surface area contributed by atoms with E-state index in [9.17, 15) is 22.0 Å². The van der Waals surface area contributed by atoms with E-state index in [0.717, 1.165) is 6.07 Å². The molecule has 1 nitrogen and oxygen atoms in total. The standard InChI is InChI=1S/C9H7ClF5N/c10-5-1-2-6(8(11,12)4-16)7(3-5)9(13,14)15/h1-3H,4,16H2. The fourth-order valence-corrected chi connectivity index (χ4v) is 1.35. The van der Waals surface area contributed by atoms with Crippen molar-refractivity contribution in [2.75, 3.05) is 6.54 Å². The number of hydrogen-bond acceptors (Lipinski definition) is 1. The third kappa shape index (κ3) is 2.62. The lowest BCUT2D eigenvalue weighted by Crippen LogP contribution is -2.28. The molecule has 0 aliphatic heterocycles. The van der Waals surface area contributed by atoms with Gasteiger partial charge in [-0.3, -0.25) is 0 Å². The Morgan fingerprint density at radius 2 is 1.62 bits per heavy atom. The Labute approximate surface area is 93.0 Å². The second kappa shape index (κ2) is 4.18. The molecule has 2 N–H and O–H groups in total. The van der Waals surface area contributed by atoms with Gasteiger partial charge in [-0.15, -0.1) is 0 Å². The first-order chi connectivity index (χ1) is 7.18. The summed E-state index contributed by atoms with van der Waals surface area (Å²) in [6.45, 7) is -1.20. The molecule has 90 valence electrons. The van der Waals surface area contributed by atoms with Gasteiger partial charge < -0.3 is 5.73 Å². The lowest BCUT2D eigenvalue weighted by Gasteiger charge is -2.20. The lowest BCUT2D eigenvalue weighted by atomic mass is 10.0. The van der Waals surface area contributed by atoms with Crippen molar-refractivity contribution in [1.29, 1.82) is 0 Å². The van der Waals surface area contributed by atoms with Crippen LogP contribution in [-0.2, 0) is 12.1 Å². The van der Waals surface area contributed by atoms with E-state index in [2.05, 4.69) is 0 Å². The Balaban J connectivity index is 3.40. The van der Waals surface area contributed by atoms with Crippen LogP contribution in [0.25, 0.3) is 0 Å². The number of halogens is 6. The summed E-state index contributed by atoms with van der Waals surface area (Å²) in [4.78, 5) is 0. The molecule has 0 heterocycles. The minimum absolute atomic E-state index is 0.260. The van der Waals surface area contributed by atoms with Crippen molar-refractivity contribution in [2.24, 2.45) is 5.73 Å². The molecule has 0 saturated carbocycles. The van der Waals surface area contributed by atoms with E-state index in [1.165, 1.54) is 0 Å². The molecule has 1 rings (SSSR count). The van der Waals surface area contributed by atoms with Gasteiger partial charge in [0.1, 0.15) is 0 Å². The van der Waals surface area contributed by atoms with Crippen LogP contribution in [0.15, 0.2) is 18.2 Å². The van der Waals surface area contributed by atoms with Crippen molar-refractivity contribution < 1.29 is 22.0 Å². The molecule has 0 fully saturated rings. The average molecular weight is 260 g/mol. The summed E-state index contributed by atoms with van der Waals surface area (Å²) in [5, 5.41) is -0.260. The molecule has 16 heavy (non-hydrogen) atoms. The summed E-state index contributed by atoms with van der Waals surface area (Å²) in [6, 6.07) is 2.06. The second-order valence-corrected chi connectivity index (χ2v) is 3.53. The molecular weight excluding hydrogens is 253 g/mol. The molecule has 0 aromatic heterocycles. The summed E-state index contributed by atoms with van der Waals surface area (Å²) in [5.41, 5.74) is 2.12. The largest absolute Gasteiger partial charge is 0.416 e. The molecule has 0 bridgehead atoms. The van der Waals surface area contributed by atoms with Crippen LogP contribution in [0.3, 0.4) is 0 Å². The number of rotatable bonds is 2. The maximum Gasteiger partial charge on any atom is 0.416 e. The van der Waals surface area contributed by atoms with Gasteiger partial charge in [-0.25, -0.2) is 0 Å². The molecule has 0 aliphatic carbocycles. The summed E-state index contributed by atoms with van der Waals surface area (Å²) in [6.07, 6.45) is -4.89. The van der Waals surface area contributed by atoms with Gasteiger partial charge in [-0.05, 0) is 12.1 Å². The van der Waals surface area contributed by atoms with Gasteiger partial charge in [0.2, 0.25) is 0 Å². The van der Waals surface area contributed by atoms with Gasteiger partial charge in [0.25, 0.3) is 5.92 Å². The van der Waals surface area contributed by atoms with Gasteiger partial charge in [0.05, 0.1) is 12.1 Å². The van der Waals surface area contributed by atoms with E-state index in [4.69, 9.17) is 17.3 Å². The molecule has 0 radical (unpaired) electrons. The van der Waals surface area contributed by atoms with Crippen molar-refractivity contribution in [3.05, 3.63) is 34.3 Å². The van der Waals surface area contributed by atoms with E-state index in [0.29, 0.717) is 12.1 Å². The molecular formula is C9H7ClF5N. The van der Waals surface area contributed by atoms with Crippen LogP contribution in [0.5, 0.6) is 0 Å². The highest BCUT2D eigenvalue weighted by atomic mass is 35.5. The van der Waals surface area contributed by atoms with E-state index in [1.54, 1.807) is 0 Å². The Kier molecular flexibility index (Phi) is 3.44. The fraction of sp³-hybridized carbons (Fsp3) is 0.333. The van der Waals surface area contributed by atoms with Crippen molar-refractivity contribution in [1.82, 2.24) is 0 Å². The fourth-order valence-electron chi connectivity index (χ4n) is 1.18. The SMILES string of the molecule is NCC(F)(F)c1ccc(Cl)cc1C(F)(F)F. The summed E-state index contributed by atoms with van der Waals surface area (Å²) < 4.78 is 63.7. The summed E-state index contributed by atoms with van der Waals surface area (Å²) >= 11 is 5.34. The van der Waals surface area contributed by atoms with E-state index in [1.807, 2.05) is 0 Å². The molecule has 0 atom stereocenters. The third-order valence-corrected chi connectivity index (χ3v) is 2.17. The number of nitrogens with two attached hydrogens (primary N) is 1. The van der Waals surface area contributed by atoms with Gasteiger partial charge in [-0.1, -0.05) is 17.7 Å². The molecule has 0 amide bonds. The van der Waals surface area contributed by atoms with Crippen LogP contribution in [0.4, 0.5) is 22.0 Å². The van der Waals surface area contributed by atoms with E-state index < -0.39 is 29.8 Å². The quantitative estimate of drug-likeness (QED) is 0.810. The highest BCUT2D eigenvalue weighted by molar-refractivity contribution is 6.30. The van der Waals surface area contributed by atoms with Crippen LogP contribution >= 0.6 is 11.6 Å². The van der Waals surface area contributed by atoms with Crippen LogP contribution in [0.2, 0.25) is 5.02 Å². The second-order valence-electron chi connectivity index (χ2n) is 3.10. The van der Waals surface area contributed by atoms with Crippen molar-refractivity contribution in [3.8, 4) is 0 Å². The van der Waals surface area contributed by atoms with E-state index >= 15 is 0 Å². The zero-order valence-electron chi connectivity index (χ0n) is 7.78. The Morgan fingerprint density at radius 1 is 1.06 bits per heavy atom. The molecule has 0 aliphatic rings. The van der Waals surface area contributed by atoms with Gasteiger partial charge in [-0.2, -0.15) is 22.0 Å². The number of alkyl halides is 5. The third-order valence-electron chi connectivity index (χ3n) is 1.94. The molecule has 0 spiro atoms. The van der Waals surface area contributed by atoms with Crippen molar-refractivity contribution in [2.45, 2.75) is 12.1 Å². The van der Waals surface area contributed by atoms with Crippen LogP contribution in [-0.4, -0.2) is 6.54 Å². The highest BCUT2D eigenvalue weighted by Crippen LogP contribution is 2.40. The normalized spacial score (nSPS) is 12.9. The lowest BCUT2D eigenvalue weighted by molar-refractivity contribution is -0.141. The number of hydrogen-bond donors (Lipinski definition) is 1. The van der Waals surface area contributed by atoms with Crippen LogP contribution in [0.1, 0.15) is 11.1 Å². The maximum atomic E-state index is 13.1. The van der Waals surface area contributed by atoms with Crippen LogP contribution in [0, 0.1) is 0 Å². The minimum Gasteiger partial charge on any atom is -0.325 e. The summed E-state index contributed by atoms with van der Waals surface area (Å²) in [7, 11) is 0. The average Bonchev–Trinajstić information content (AvgIpc) is 2.16. The highest BCUT2D eigenvalue weighted by Gasteiger charge is 2.41. The molecule has 7 heteroatoms. The topological polar surface area (TPSA) is 26.0 Å². The zero-order valence-corrected chi connectivity index (χ0v) is 8.54. The molecule has 1 aromatic carbocycles. The molecule has 1 aromatic rings. The predicted octanol–water partition coefficient (Wildman–Crippen LogP) is 3.41. The first-order valence-corrected chi connectivity index (χ1v) is 4.51. The molecule has 0 saturated heterocycles. The Bertz CT molecular complexity index is 388. The molecule has 0 unspecified atom stereocenters. The van der Waals surface area contributed by atoms with Crippen molar-refractivity contribution >= 4 is 11.6 Å². The van der Waals surface area contributed by atoms with Gasteiger partial charge in [0.15, 0.2) is 0 Å². The van der Waals surface area contributed by atoms with E-state index in [-0.39, 0.29) is 5.02 Å². The number of benzene rings is 1. The van der Waals surface area contributed by atoms with Gasteiger partial charge >= 0.3 is 6.18 Å². The Morgan fingerprint density at radius 3 is 2.06 bits per heavy atom. The van der Waals surface area contributed by atoms with Crippen molar-refractivity contribution in [3.63, 3.8) is 0 Å². The first-order valence-electron chi connectivity index (χ1n) is 4.13. The smallest absolute Gasteiger partial charge is 0.325 e. The predicted molar refractivity (Wildman–Crippen MR) is 49.4 cm³/mol.